The van der Waals surface area contributed by atoms with E-state index in [0.717, 1.165) is 55.8 Å². The minimum absolute atomic E-state index is 0.0240. The Morgan fingerprint density at radius 3 is 2.30 bits per heavy atom. The third-order valence-corrected chi connectivity index (χ3v) is 7.35. The second kappa shape index (κ2) is 11.7. The number of halogens is 4. The van der Waals surface area contributed by atoms with Crippen LogP contribution in [-0.4, -0.2) is 36.3 Å². The smallest absolute Gasteiger partial charge is 0.372 e. The van der Waals surface area contributed by atoms with Crippen LogP contribution in [0.1, 0.15) is 37.1 Å². The second-order valence-corrected chi connectivity index (χ2v) is 10.4. The van der Waals surface area contributed by atoms with Crippen LogP contribution in [0.3, 0.4) is 0 Å². The summed E-state index contributed by atoms with van der Waals surface area (Å²) in [7, 11) is -3.71. The average molecular weight is 540 g/mol. The molecule has 0 unspecified atom stereocenters. The fraction of sp³-hybridized carbons (Fsp3) is 0.333. The van der Waals surface area contributed by atoms with Gasteiger partial charge in [0.05, 0.1) is 10.6 Å². The molecule has 13 heteroatoms. The van der Waals surface area contributed by atoms with Crippen molar-refractivity contribution in [3.8, 4) is 11.3 Å². The van der Waals surface area contributed by atoms with Crippen LogP contribution in [0.15, 0.2) is 59.9 Å². The first-order chi connectivity index (χ1) is 17.5. The van der Waals surface area contributed by atoms with Gasteiger partial charge in [0, 0.05) is 24.0 Å². The number of nitrogens with zero attached hydrogens (tertiary/aromatic N) is 3. The van der Waals surface area contributed by atoms with Crippen LogP contribution >= 0.6 is 0 Å². The molecular formula is C24H25F4N5O3S. The van der Waals surface area contributed by atoms with Crippen molar-refractivity contribution < 1.29 is 30.8 Å². The van der Waals surface area contributed by atoms with Crippen LogP contribution in [0.25, 0.3) is 11.3 Å². The number of sulfonamides is 1. The maximum Gasteiger partial charge on any atom is 0.433 e. The molecule has 0 saturated heterocycles. The van der Waals surface area contributed by atoms with Crippen molar-refractivity contribution in [2.45, 2.75) is 43.2 Å². The molecule has 2 aromatic heterocycles. The largest absolute Gasteiger partial charge is 0.433 e. The lowest BCUT2D eigenvalue weighted by Crippen LogP contribution is -2.30. The Labute approximate surface area is 211 Å². The molecular weight excluding hydrogens is 514 g/mol. The van der Waals surface area contributed by atoms with Crippen LogP contribution in [0.5, 0.6) is 0 Å². The van der Waals surface area contributed by atoms with E-state index in [9.17, 15) is 26.0 Å². The summed E-state index contributed by atoms with van der Waals surface area (Å²) in [4.78, 5) is 20.4. The van der Waals surface area contributed by atoms with Crippen LogP contribution < -0.4 is 10.5 Å². The number of primary amides is 1. The molecule has 1 amide bonds. The minimum Gasteiger partial charge on any atom is -0.372 e. The van der Waals surface area contributed by atoms with Crippen molar-refractivity contribution in [3.05, 3.63) is 72.2 Å². The van der Waals surface area contributed by atoms with Gasteiger partial charge in [0.2, 0.25) is 16.4 Å². The van der Waals surface area contributed by atoms with E-state index < -0.39 is 27.7 Å². The topological polar surface area (TPSA) is 128 Å². The zero-order valence-electron chi connectivity index (χ0n) is 19.6. The van der Waals surface area contributed by atoms with Gasteiger partial charge >= 0.3 is 6.18 Å². The van der Waals surface area contributed by atoms with Crippen LogP contribution in [-0.2, 0) is 27.4 Å². The van der Waals surface area contributed by atoms with Crippen molar-refractivity contribution in [2.24, 2.45) is 11.1 Å². The number of hydrogen-bond donors (Lipinski definition) is 2. The van der Waals surface area contributed by atoms with Gasteiger partial charge in [-0.05, 0) is 80.0 Å². The Balaban J connectivity index is 0.00000121. The van der Waals surface area contributed by atoms with E-state index in [-0.39, 0.29) is 16.7 Å². The van der Waals surface area contributed by atoms with Crippen LogP contribution in [0.4, 0.5) is 17.6 Å². The summed E-state index contributed by atoms with van der Waals surface area (Å²) in [5, 5.41) is 0. The van der Waals surface area contributed by atoms with Crippen molar-refractivity contribution >= 4 is 16.4 Å². The van der Waals surface area contributed by atoms with Gasteiger partial charge in [-0.25, -0.2) is 27.5 Å². The number of benzene rings is 1. The van der Waals surface area contributed by atoms with Gasteiger partial charge < -0.3 is 5.73 Å². The van der Waals surface area contributed by atoms with Crippen LogP contribution in [0, 0.1) is 11.2 Å². The van der Waals surface area contributed by atoms with Gasteiger partial charge in [-0.1, -0.05) is 0 Å². The first-order valence-corrected chi connectivity index (χ1v) is 12.7. The Kier molecular flexibility index (Phi) is 8.92. The van der Waals surface area contributed by atoms with Gasteiger partial charge in [0.15, 0.2) is 0 Å². The van der Waals surface area contributed by atoms with Gasteiger partial charge in [-0.2, -0.15) is 13.2 Å². The number of rotatable bonds is 9. The van der Waals surface area contributed by atoms with Crippen molar-refractivity contribution in [1.29, 1.82) is 0 Å². The molecule has 1 fully saturated rings. The SMILES string of the molecule is NC=O.O=S(=O)(NCC1(CCCc2cc(-c3ccc(C(F)(F)F)nc3)ncn2)CC1)c1ccc(F)cc1. The highest BCUT2D eigenvalue weighted by molar-refractivity contribution is 7.89. The van der Waals surface area contributed by atoms with Crippen molar-refractivity contribution in [1.82, 2.24) is 19.7 Å². The summed E-state index contributed by atoms with van der Waals surface area (Å²) < 4.78 is 78.7. The second-order valence-electron chi connectivity index (χ2n) is 8.59. The predicted octanol–water partition coefficient (Wildman–Crippen LogP) is 3.88. The maximum atomic E-state index is 13.1. The summed E-state index contributed by atoms with van der Waals surface area (Å²) in [6.07, 6.45) is 2.25. The summed E-state index contributed by atoms with van der Waals surface area (Å²) in [6, 6.07) is 8.65. The fourth-order valence-corrected chi connectivity index (χ4v) is 4.84. The van der Waals surface area contributed by atoms with E-state index in [2.05, 4.69) is 25.4 Å². The Morgan fingerprint density at radius 1 is 1.05 bits per heavy atom. The molecule has 8 nitrogen and oxygen atoms in total. The third-order valence-electron chi connectivity index (χ3n) is 5.93. The molecule has 0 bridgehead atoms. The lowest BCUT2D eigenvalue weighted by atomic mass is 9.98. The molecule has 0 atom stereocenters. The number of carbonyl (C=O) groups is 1. The maximum absolute atomic E-state index is 13.1. The van der Waals surface area contributed by atoms with E-state index in [1.807, 2.05) is 0 Å². The lowest BCUT2D eigenvalue weighted by molar-refractivity contribution is -0.141. The van der Waals surface area contributed by atoms with E-state index in [1.165, 1.54) is 24.5 Å². The van der Waals surface area contributed by atoms with Crippen molar-refractivity contribution in [2.75, 3.05) is 6.54 Å². The average Bonchev–Trinajstić information content (AvgIpc) is 3.63. The first-order valence-electron chi connectivity index (χ1n) is 11.2. The zero-order chi connectivity index (χ0) is 27.1. The van der Waals surface area contributed by atoms with Crippen LogP contribution in [0.2, 0.25) is 0 Å². The number of nitrogens with two attached hydrogens (primary N) is 1. The summed E-state index contributed by atoms with van der Waals surface area (Å²) in [6.45, 7) is 0.305. The standard InChI is InChI=1S/C23H22F4N4O2S.CH3NO/c24-17-4-6-19(7-5-17)34(32,33)31-14-22(10-11-22)9-1-2-18-12-20(30-15-29-18)16-3-8-21(28-13-16)23(25,26)27;2-1-3/h3-8,12-13,15,31H,1-2,9-11,14H2;1H,(H2,2,3). The Hall–Kier alpha value is -3.45. The van der Waals surface area contributed by atoms with E-state index in [1.54, 1.807) is 6.07 Å². The summed E-state index contributed by atoms with van der Waals surface area (Å²) in [5.41, 5.74) is 4.79. The Morgan fingerprint density at radius 2 is 1.73 bits per heavy atom. The summed E-state index contributed by atoms with van der Waals surface area (Å²) in [5.74, 6) is -0.500. The van der Waals surface area contributed by atoms with E-state index in [4.69, 9.17) is 4.79 Å². The first kappa shape index (κ1) is 28.1. The van der Waals surface area contributed by atoms with E-state index >= 15 is 0 Å². The molecule has 0 radical (unpaired) electrons. The molecule has 4 rings (SSSR count). The molecule has 3 aromatic rings. The molecule has 2 heterocycles. The summed E-state index contributed by atoms with van der Waals surface area (Å²) >= 11 is 0. The molecule has 198 valence electrons. The zero-order valence-corrected chi connectivity index (χ0v) is 20.4. The number of carbonyl (C=O) groups excluding carboxylic acids is 1. The Bertz CT molecular complexity index is 1300. The number of aryl methyl sites for hydroxylation is 1. The lowest BCUT2D eigenvalue weighted by Gasteiger charge is -2.16. The van der Waals surface area contributed by atoms with Gasteiger partial charge in [-0.15, -0.1) is 0 Å². The molecule has 37 heavy (non-hydrogen) atoms. The highest BCUT2D eigenvalue weighted by Crippen LogP contribution is 2.49. The third kappa shape index (κ3) is 8.02. The number of hydrogen-bond acceptors (Lipinski definition) is 6. The molecule has 3 N–H and O–H groups in total. The van der Waals surface area contributed by atoms with Gasteiger partial charge in [0.25, 0.3) is 0 Å². The molecule has 0 aliphatic heterocycles. The highest BCUT2D eigenvalue weighted by atomic mass is 32.2. The molecule has 1 aliphatic carbocycles. The number of nitrogens with one attached hydrogen (secondary N) is 1. The number of pyridine rings is 1. The molecule has 1 saturated carbocycles. The minimum atomic E-state index is -4.50. The number of amides is 1. The highest BCUT2D eigenvalue weighted by Gasteiger charge is 2.42. The quantitative estimate of drug-likeness (QED) is 0.314. The molecule has 1 aliphatic rings. The van der Waals surface area contributed by atoms with Gasteiger partial charge in [-0.3, -0.25) is 9.78 Å². The van der Waals surface area contributed by atoms with E-state index in [0.29, 0.717) is 24.2 Å². The number of aromatic nitrogens is 3. The van der Waals surface area contributed by atoms with Gasteiger partial charge in [0.1, 0.15) is 17.8 Å². The monoisotopic (exact) mass is 539 g/mol. The molecule has 0 spiro atoms. The fourth-order valence-electron chi connectivity index (χ4n) is 3.69. The normalized spacial score (nSPS) is 14.4. The number of alkyl halides is 3. The molecule has 1 aromatic carbocycles. The predicted molar refractivity (Wildman–Crippen MR) is 127 cm³/mol. The van der Waals surface area contributed by atoms with Crippen molar-refractivity contribution in [3.63, 3.8) is 0 Å².